The summed E-state index contributed by atoms with van der Waals surface area (Å²) in [5.74, 6) is 0.0648. The van der Waals surface area contributed by atoms with E-state index >= 15 is 0 Å². The Hall–Kier alpha value is -0.0900. The molecule has 1 N–H and O–H groups in total. The van der Waals surface area contributed by atoms with Gasteiger partial charge in [0.15, 0.2) is 0 Å². The van der Waals surface area contributed by atoms with E-state index in [1.807, 2.05) is 0 Å². The molecule has 0 aromatic heterocycles. The highest BCUT2D eigenvalue weighted by atomic mass is 79.9. The van der Waals surface area contributed by atoms with Gasteiger partial charge in [-0.15, -0.1) is 0 Å². The summed E-state index contributed by atoms with van der Waals surface area (Å²) in [6.07, 6.45) is 0. The normalized spacial score (nSPS) is 27.2. The van der Waals surface area contributed by atoms with Gasteiger partial charge in [-0.1, -0.05) is 5.16 Å². The van der Waals surface area contributed by atoms with Crippen LogP contribution in [0, 0.1) is 5.92 Å². The number of halogens is 1. The number of nitrogens with zero attached hydrogens (tertiary/aromatic N) is 1. The number of rotatable bonds is 1. The van der Waals surface area contributed by atoms with Crippen LogP contribution >= 0.6 is 15.9 Å². The summed E-state index contributed by atoms with van der Waals surface area (Å²) in [6, 6.07) is 0. The van der Waals surface area contributed by atoms with Gasteiger partial charge in [-0.05, 0) is 15.9 Å². The van der Waals surface area contributed by atoms with Crippen LogP contribution in [0.4, 0.5) is 0 Å². The van der Waals surface area contributed by atoms with Gasteiger partial charge in [-0.3, -0.25) is 0 Å². The van der Waals surface area contributed by atoms with E-state index in [1.165, 1.54) is 0 Å². The molecule has 0 radical (unpaired) electrons. The molecule has 0 bridgehead atoms. The van der Waals surface area contributed by atoms with Crippen molar-refractivity contribution in [3.05, 3.63) is 0 Å². The van der Waals surface area contributed by atoms with Gasteiger partial charge in [0.05, 0.1) is 12.5 Å². The highest BCUT2D eigenvalue weighted by Gasteiger charge is 2.19. The third-order valence-electron chi connectivity index (χ3n) is 0.985. The minimum absolute atomic E-state index is 0.0648. The summed E-state index contributed by atoms with van der Waals surface area (Å²) in [5, 5.41) is 12.1. The Kier molecular flexibility index (Phi) is 1.85. The Balaban J connectivity index is 2.46. The Morgan fingerprint density at radius 2 is 2.75 bits per heavy atom. The van der Waals surface area contributed by atoms with Crippen LogP contribution in [-0.4, -0.2) is 22.9 Å². The van der Waals surface area contributed by atoms with Crippen molar-refractivity contribution in [2.24, 2.45) is 11.1 Å². The maximum atomic E-state index is 8.55. The molecule has 1 atom stereocenters. The van der Waals surface area contributed by atoms with Crippen molar-refractivity contribution in [1.29, 1.82) is 0 Å². The molecule has 1 unspecified atom stereocenters. The van der Waals surface area contributed by atoms with E-state index in [0.29, 0.717) is 11.2 Å². The van der Waals surface area contributed by atoms with Crippen LogP contribution in [0.25, 0.3) is 0 Å². The highest BCUT2D eigenvalue weighted by Crippen LogP contribution is 2.12. The van der Waals surface area contributed by atoms with Crippen LogP contribution in [-0.2, 0) is 4.84 Å². The maximum Gasteiger partial charge on any atom is 0.131 e. The Labute approximate surface area is 55.5 Å². The molecule has 0 aliphatic carbocycles. The van der Waals surface area contributed by atoms with E-state index in [4.69, 9.17) is 5.11 Å². The Morgan fingerprint density at radius 3 is 3.00 bits per heavy atom. The third-order valence-corrected chi connectivity index (χ3v) is 1.78. The first-order valence-electron chi connectivity index (χ1n) is 2.31. The molecule has 1 aliphatic heterocycles. The fourth-order valence-corrected chi connectivity index (χ4v) is 0.840. The first kappa shape index (κ1) is 6.04. The van der Waals surface area contributed by atoms with E-state index < -0.39 is 0 Å². The zero-order valence-corrected chi connectivity index (χ0v) is 5.76. The molecule has 8 heavy (non-hydrogen) atoms. The lowest BCUT2D eigenvalue weighted by Crippen LogP contribution is -2.11. The summed E-state index contributed by atoms with van der Waals surface area (Å²) in [7, 11) is 0. The maximum absolute atomic E-state index is 8.55. The van der Waals surface area contributed by atoms with Gasteiger partial charge in [0.25, 0.3) is 0 Å². The lowest BCUT2D eigenvalue weighted by molar-refractivity contribution is 0.132. The molecule has 0 fully saturated rings. The van der Waals surface area contributed by atoms with Crippen molar-refractivity contribution in [3.8, 4) is 0 Å². The number of aliphatic hydroxyl groups is 1. The van der Waals surface area contributed by atoms with E-state index in [-0.39, 0.29) is 12.5 Å². The van der Waals surface area contributed by atoms with Crippen molar-refractivity contribution >= 4 is 20.6 Å². The second-order valence-electron chi connectivity index (χ2n) is 1.59. The predicted molar refractivity (Wildman–Crippen MR) is 32.9 cm³/mol. The molecule has 3 nitrogen and oxygen atoms in total. The molecule has 0 saturated carbocycles. The zero-order chi connectivity index (χ0) is 5.98. The van der Waals surface area contributed by atoms with Crippen molar-refractivity contribution < 1.29 is 9.94 Å². The quantitative estimate of drug-likeness (QED) is 0.631. The smallest absolute Gasteiger partial charge is 0.131 e. The second kappa shape index (κ2) is 2.46. The van der Waals surface area contributed by atoms with E-state index in [1.54, 1.807) is 0 Å². The molecule has 1 heterocycles. The summed E-state index contributed by atoms with van der Waals surface area (Å²) >= 11 is 3.13. The molecule has 0 saturated heterocycles. The van der Waals surface area contributed by atoms with Crippen molar-refractivity contribution in [2.75, 3.05) is 13.2 Å². The average molecular weight is 180 g/mol. The average Bonchev–Trinajstić information content (AvgIpc) is 2.14. The molecule has 4 heteroatoms. The minimum Gasteiger partial charge on any atom is -0.396 e. The number of hydrogen-bond donors (Lipinski definition) is 1. The van der Waals surface area contributed by atoms with Crippen LogP contribution < -0.4 is 0 Å². The third kappa shape index (κ3) is 1.00. The van der Waals surface area contributed by atoms with Gasteiger partial charge in [0.2, 0.25) is 0 Å². The van der Waals surface area contributed by atoms with Gasteiger partial charge in [0, 0.05) is 0 Å². The Morgan fingerprint density at radius 1 is 2.00 bits per heavy atom. The summed E-state index contributed by atoms with van der Waals surface area (Å²) < 4.78 is 0.708. The van der Waals surface area contributed by atoms with Gasteiger partial charge >= 0.3 is 0 Å². The van der Waals surface area contributed by atoms with Gasteiger partial charge < -0.3 is 9.94 Å². The number of oxime groups is 1. The first-order chi connectivity index (χ1) is 3.84. The van der Waals surface area contributed by atoms with Crippen LogP contribution in [0.2, 0.25) is 0 Å². The van der Waals surface area contributed by atoms with Crippen LogP contribution in [0.5, 0.6) is 0 Å². The molecule has 46 valence electrons. The van der Waals surface area contributed by atoms with Crippen LogP contribution in [0.3, 0.4) is 0 Å². The van der Waals surface area contributed by atoms with E-state index in [9.17, 15) is 0 Å². The number of hydrogen-bond acceptors (Lipinski definition) is 3. The standard InChI is InChI=1S/C4H6BrNO2/c5-4-3(1-7)2-8-6-4/h3,7H,1-2H2. The molecule has 0 aromatic rings. The molecular weight excluding hydrogens is 174 g/mol. The number of aliphatic hydroxyl groups excluding tert-OH is 1. The largest absolute Gasteiger partial charge is 0.396 e. The topological polar surface area (TPSA) is 41.8 Å². The van der Waals surface area contributed by atoms with Crippen LogP contribution in [0.15, 0.2) is 5.16 Å². The minimum atomic E-state index is 0.0648. The fraction of sp³-hybridized carbons (Fsp3) is 0.750. The lowest BCUT2D eigenvalue weighted by atomic mass is 10.2. The molecule has 1 aliphatic rings. The highest BCUT2D eigenvalue weighted by molar-refractivity contribution is 9.18. The monoisotopic (exact) mass is 179 g/mol. The molecule has 0 spiro atoms. The zero-order valence-electron chi connectivity index (χ0n) is 4.17. The molecule has 1 rings (SSSR count). The van der Waals surface area contributed by atoms with Crippen molar-refractivity contribution in [2.45, 2.75) is 0 Å². The van der Waals surface area contributed by atoms with Gasteiger partial charge in [0.1, 0.15) is 11.2 Å². The summed E-state index contributed by atoms with van der Waals surface area (Å²) in [6.45, 7) is 0.598. The van der Waals surface area contributed by atoms with E-state index in [2.05, 4.69) is 25.9 Å². The first-order valence-corrected chi connectivity index (χ1v) is 3.10. The SMILES string of the molecule is OCC1CON=C1Br. The lowest BCUT2D eigenvalue weighted by Gasteiger charge is -1.97. The van der Waals surface area contributed by atoms with Crippen LogP contribution in [0.1, 0.15) is 0 Å². The fourth-order valence-electron chi connectivity index (χ4n) is 0.460. The summed E-state index contributed by atoms with van der Waals surface area (Å²) in [4.78, 5) is 4.64. The molecule has 0 amide bonds. The Bertz CT molecular complexity index is 115. The molecular formula is C4H6BrNO2. The van der Waals surface area contributed by atoms with Gasteiger partial charge in [-0.2, -0.15) is 0 Å². The predicted octanol–water partition coefficient (Wildman–Crippen LogP) is 0.333. The van der Waals surface area contributed by atoms with Crippen molar-refractivity contribution in [1.82, 2.24) is 0 Å². The van der Waals surface area contributed by atoms with E-state index in [0.717, 1.165) is 0 Å². The second-order valence-corrected chi connectivity index (χ2v) is 2.40. The molecule has 0 aromatic carbocycles. The van der Waals surface area contributed by atoms with Gasteiger partial charge in [-0.25, -0.2) is 0 Å². The van der Waals surface area contributed by atoms with Crippen molar-refractivity contribution in [3.63, 3.8) is 0 Å². The summed E-state index contributed by atoms with van der Waals surface area (Å²) in [5.41, 5.74) is 0.